The molecule has 0 aromatic heterocycles. The number of likely N-dealkylation sites (tertiary alicyclic amines) is 1. The molecule has 246 valence electrons. The first-order valence-corrected chi connectivity index (χ1v) is 15.8. The van der Waals surface area contributed by atoms with Crippen LogP contribution in [0.4, 0.5) is 0 Å². The van der Waals surface area contributed by atoms with Gasteiger partial charge in [-0.1, -0.05) is 25.5 Å². The molecule has 0 bridgehead atoms. The number of carbonyl (C=O) groups is 3. The Morgan fingerprint density at radius 2 is 1.81 bits per heavy atom. The third-order valence-electron chi connectivity index (χ3n) is 8.25. The maximum Gasteiger partial charge on any atom is 0.397 e. The Morgan fingerprint density at radius 1 is 1.14 bits per heavy atom. The van der Waals surface area contributed by atoms with Crippen LogP contribution in [0.3, 0.4) is 0 Å². The molecule has 2 aliphatic heterocycles. The molecule has 3 amide bonds. The number of fused-ring (bicyclic) bond motifs is 1. The summed E-state index contributed by atoms with van der Waals surface area (Å²) < 4.78 is 40.2. The number of aliphatic hydroxyl groups is 2. The van der Waals surface area contributed by atoms with E-state index in [2.05, 4.69) is 14.8 Å². The van der Waals surface area contributed by atoms with Crippen molar-refractivity contribution in [2.75, 3.05) is 33.4 Å². The smallest absolute Gasteiger partial charge is 0.390 e. The van der Waals surface area contributed by atoms with Gasteiger partial charge in [-0.2, -0.15) is 8.42 Å². The molecule has 9 N–H and O–H groups in total. The van der Waals surface area contributed by atoms with Crippen molar-refractivity contribution in [3.63, 3.8) is 0 Å². The summed E-state index contributed by atoms with van der Waals surface area (Å²) >= 11 is 0. The van der Waals surface area contributed by atoms with Crippen LogP contribution < -0.4 is 22.1 Å². The van der Waals surface area contributed by atoms with Crippen LogP contribution in [0, 0.1) is 11.8 Å². The third-order valence-corrected chi connectivity index (χ3v) is 8.68. The summed E-state index contributed by atoms with van der Waals surface area (Å²) in [5, 5.41) is 26.3. The Bertz CT molecular complexity index is 1140. The SMILES string of the molecule is CO[C@H](COS(=O)(=O)O)C(=O)N[C@H](CC(C)C)C(=O)N1[C@H](C(=O)NCCC2=CCN(C(N)N)C2)C[C@@H]2C[C@H](O)[C@@H](O)C[C@@H]21. The molecule has 0 aromatic carbocycles. The van der Waals surface area contributed by atoms with Crippen molar-refractivity contribution in [1.29, 1.82) is 0 Å². The molecule has 17 heteroatoms. The maximum absolute atomic E-state index is 14.1. The van der Waals surface area contributed by atoms with Crippen LogP contribution in [-0.2, 0) is 33.7 Å². The first-order valence-electron chi connectivity index (χ1n) is 14.4. The van der Waals surface area contributed by atoms with Crippen LogP contribution in [0.5, 0.6) is 0 Å². The van der Waals surface area contributed by atoms with Gasteiger partial charge in [0.25, 0.3) is 5.91 Å². The molecular formula is C26H46N6O10S. The van der Waals surface area contributed by atoms with Gasteiger partial charge in [-0.05, 0) is 43.9 Å². The summed E-state index contributed by atoms with van der Waals surface area (Å²) in [5.74, 6) is -2.11. The van der Waals surface area contributed by atoms with Gasteiger partial charge in [0, 0.05) is 32.8 Å². The van der Waals surface area contributed by atoms with E-state index in [1.165, 1.54) is 4.90 Å². The number of amides is 3. The molecule has 1 saturated carbocycles. The average molecular weight is 635 g/mol. The zero-order valence-electron chi connectivity index (χ0n) is 24.8. The summed E-state index contributed by atoms with van der Waals surface area (Å²) in [6.07, 6.45) is -0.806. The Morgan fingerprint density at radius 3 is 2.40 bits per heavy atom. The summed E-state index contributed by atoms with van der Waals surface area (Å²) in [6.45, 7) is 4.39. The van der Waals surface area contributed by atoms with Gasteiger partial charge < -0.3 is 42.0 Å². The lowest BCUT2D eigenvalue weighted by atomic mass is 9.81. The minimum absolute atomic E-state index is 0.0641. The predicted octanol–water partition coefficient (Wildman–Crippen LogP) is -2.60. The number of hydrogen-bond acceptors (Lipinski definition) is 12. The van der Waals surface area contributed by atoms with Crippen molar-refractivity contribution in [2.45, 2.75) is 88.7 Å². The van der Waals surface area contributed by atoms with Gasteiger partial charge in [-0.3, -0.25) is 23.8 Å². The fourth-order valence-corrected chi connectivity index (χ4v) is 6.34. The zero-order valence-corrected chi connectivity index (χ0v) is 25.6. The van der Waals surface area contributed by atoms with Crippen LogP contribution in [0.15, 0.2) is 11.6 Å². The number of nitrogens with two attached hydrogens (primary N) is 2. The van der Waals surface area contributed by atoms with Gasteiger partial charge >= 0.3 is 10.4 Å². The largest absolute Gasteiger partial charge is 0.397 e. The van der Waals surface area contributed by atoms with Crippen molar-refractivity contribution in [1.82, 2.24) is 20.4 Å². The number of carbonyl (C=O) groups excluding carboxylic acids is 3. The maximum atomic E-state index is 14.1. The number of nitrogens with zero attached hydrogens (tertiary/aromatic N) is 2. The number of hydrogen-bond donors (Lipinski definition) is 7. The topological polar surface area (TPSA) is 247 Å². The highest BCUT2D eigenvalue weighted by molar-refractivity contribution is 7.80. The molecule has 3 rings (SSSR count). The number of aliphatic hydroxyl groups excluding tert-OH is 2. The lowest BCUT2D eigenvalue weighted by molar-refractivity contribution is -0.147. The summed E-state index contributed by atoms with van der Waals surface area (Å²) in [7, 11) is -3.70. The molecule has 1 saturated heterocycles. The monoisotopic (exact) mass is 634 g/mol. The van der Waals surface area contributed by atoms with Crippen molar-refractivity contribution in [3.8, 4) is 0 Å². The predicted molar refractivity (Wildman–Crippen MR) is 153 cm³/mol. The van der Waals surface area contributed by atoms with E-state index in [-0.39, 0.29) is 43.4 Å². The highest BCUT2D eigenvalue weighted by atomic mass is 32.3. The molecule has 3 aliphatic rings. The Kier molecular flexibility index (Phi) is 12.4. The van der Waals surface area contributed by atoms with Crippen molar-refractivity contribution in [2.24, 2.45) is 23.3 Å². The van der Waals surface area contributed by atoms with Gasteiger partial charge in [0.05, 0.1) is 12.2 Å². The van der Waals surface area contributed by atoms with Crippen LogP contribution >= 0.6 is 0 Å². The quantitative estimate of drug-likeness (QED) is 0.0589. The highest BCUT2D eigenvalue weighted by Crippen LogP contribution is 2.40. The Labute approximate surface area is 252 Å². The molecule has 2 heterocycles. The van der Waals surface area contributed by atoms with E-state index in [0.717, 1.165) is 12.7 Å². The van der Waals surface area contributed by atoms with E-state index in [1.54, 1.807) is 0 Å². The number of nitrogens with one attached hydrogen (secondary N) is 2. The number of methoxy groups -OCH3 is 1. The second kappa shape index (κ2) is 15.2. The van der Waals surface area contributed by atoms with Gasteiger partial charge in [0.15, 0.2) is 6.10 Å². The van der Waals surface area contributed by atoms with E-state index < -0.39 is 71.5 Å². The second-order valence-corrected chi connectivity index (χ2v) is 13.0. The van der Waals surface area contributed by atoms with Gasteiger partial charge in [0.2, 0.25) is 11.8 Å². The van der Waals surface area contributed by atoms with Gasteiger partial charge in [-0.15, -0.1) is 0 Å². The van der Waals surface area contributed by atoms with E-state index in [0.29, 0.717) is 26.1 Å². The van der Waals surface area contributed by atoms with Gasteiger partial charge in [-0.25, -0.2) is 4.18 Å². The van der Waals surface area contributed by atoms with Crippen LogP contribution in [0.2, 0.25) is 0 Å². The van der Waals surface area contributed by atoms with E-state index in [4.69, 9.17) is 20.8 Å². The molecule has 2 fully saturated rings. The fraction of sp³-hybridized carbons (Fsp3) is 0.808. The molecule has 1 aliphatic carbocycles. The number of rotatable bonds is 14. The molecular weight excluding hydrogens is 588 g/mol. The summed E-state index contributed by atoms with van der Waals surface area (Å²) in [6, 6.07) is -2.57. The van der Waals surface area contributed by atoms with Crippen LogP contribution in [0.1, 0.15) is 46.0 Å². The Balaban J connectivity index is 1.77. The van der Waals surface area contributed by atoms with E-state index in [9.17, 15) is 33.0 Å². The number of ether oxygens (including phenoxy) is 1. The minimum atomic E-state index is -4.84. The lowest BCUT2D eigenvalue weighted by Gasteiger charge is -2.39. The van der Waals surface area contributed by atoms with E-state index >= 15 is 0 Å². The lowest BCUT2D eigenvalue weighted by Crippen LogP contribution is -2.59. The minimum Gasteiger partial charge on any atom is -0.390 e. The molecule has 0 aromatic rings. The zero-order chi connectivity index (χ0) is 32.1. The van der Waals surface area contributed by atoms with Crippen molar-refractivity contribution < 1.29 is 46.5 Å². The molecule has 16 nitrogen and oxygen atoms in total. The Hall–Kier alpha value is -2.22. The van der Waals surface area contributed by atoms with Gasteiger partial charge in [0.1, 0.15) is 25.0 Å². The van der Waals surface area contributed by atoms with Crippen LogP contribution in [0.25, 0.3) is 0 Å². The molecule has 0 spiro atoms. The van der Waals surface area contributed by atoms with E-state index in [1.807, 2.05) is 24.8 Å². The summed E-state index contributed by atoms with van der Waals surface area (Å²) in [4.78, 5) is 43.9. The fourth-order valence-electron chi connectivity index (χ4n) is 6.04. The molecule has 0 radical (unpaired) electrons. The molecule has 7 atom stereocenters. The molecule has 43 heavy (non-hydrogen) atoms. The highest BCUT2D eigenvalue weighted by Gasteiger charge is 2.52. The second-order valence-electron chi connectivity index (χ2n) is 11.9. The average Bonchev–Trinajstić information content (AvgIpc) is 3.52. The van der Waals surface area contributed by atoms with Crippen molar-refractivity contribution >= 4 is 28.1 Å². The first kappa shape index (κ1) is 35.3. The normalized spacial score (nSPS) is 27.6. The van der Waals surface area contributed by atoms with Crippen molar-refractivity contribution in [3.05, 3.63) is 11.6 Å². The summed E-state index contributed by atoms with van der Waals surface area (Å²) in [5.41, 5.74) is 12.5. The first-order chi connectivity index (χ1) is 20.1. The standard InChI is InChI=1S/C26H46N6O10S/c1-14(2)8-17(30-24(36)22(41-3)13-42-43(38,39)40)25(37)32-18-11-21(34)20(33)10-16(18)9-19(32)23(35)29-6-4-15-5-7-31(12-15)26(27)28/h5,14,16-22,26,33-34H,4,6-13,27-28H2,1-3H3,(H,29,35)(H,30,36)(H,38,39,40)/t16-,17-,18+,19+,20+,21+,22-/m1/s1. The molecule has 0 unspecified atom stereocenters. The van der Waals surface area contributed by atoms with Crippen LogP contribution in [-0.4, -0.2) is 127 Å². The third kappa shape index (κ3) is 9.63.